The Morgan fingerprint density at radius 2 is 1.81 bits per heavy atom. The zero-order valence-corrected chi connectivity index (χ0v) is 16.2. The van der Waals surface area contributed by atoms with Crippen molar-refractivity contribution in [3.63, 3.8) is 0 Å². The molecule has 2 aromatic rings. The van der Waals surface area contributed by atoms with Crippen molar-refractivity contribution in [2.75, 3.05) is 20.8 Å². The maximum Gasteiger partial charge on any atom is 0.255 e. The number of nitrogens with one attached hydrogen (secondary N) is 1. The van der Waals surface area contributed by atoms with Crippen LogP contribution in [-0.2, 0) is 24.9 Å². The molecule has 6 heteroatoms. The smallest absolute Gasteiger partial charge is 0.255 e. The molecule has 1 N–H and O–H groups in total. The first-order valence-corrected chi connectivity index (χ1v) is 8.87. The molecule has 0 radical (unpaired) electrons. The van der Waals surface area contributed by atoms with Crippen LogP contribution in [0.2, 0.25) is 0 Å². The van der Waals surface area contributed by atoms with E-state index in [-0.39, 0.29) is 11.0 Å². The van der Waals surface area contributed by atoms with Crippen molar-refractivity contribution >= 4 is 0 Å². The molecule has 0 saturated heterocycles. The Labute approximate surface area is 154 Å². The molecule has 0 fully saturated rings. The Balaban J connectivity index is 1.82. The van der Waals surface area contributed by atoms with E-state index in [4.69, 9.17) is 14.5 Å². The maximum absolute atomic E-state index is 12.6. The Morgan fingerprint density at radius 3 is 2.38 bits per heavy atom. The van der Waals surface area contributed by atoms with Crippen molar-refractivity contribution in [2.45, 2.75) is 45.7 Å². The number of nitrogens with zero attached hydrogens (tertiary/aromatic N) is 2. The van der Waals surface area contributed by atoms with Gasteiger partial charge < -0.3 is 14.5 Å². The highest BCUT2D eigenvalue weighted by molar-refractivity contribution is 5.38. The highest BCUT2D eigenvalue weighted by Gasteiger charge is 2.25. The number of aromatic amines is 1. The molecule has 0 spiro atoms. The average molecular weight is 357 g/mol. The zero-order chi connectivity index (χ0) is 18.9. The first-order valence-electron chi connectivity index (χ1n) is 8.87. The van der Waals surface area contributed by atoms with E-state index in [1.807, 2.05) is 18.2 Å². The van der Waals surface area contributed by atoms with Gasteiger partial charge in [-0.2, -0.15) is 0 Å². The van der Waals surface area contributed by atoms with Crippen molar-refractivity contribution in [3.05, 3.63) is 51.2 Å². The van der Waals surface area contributed by atoms with E-state index in [2.05, 4.69) is 30.7 Å². The van der Waals surface area contributed by atoms with Crippen LogP contribution in [0.4, 0.5) is 0 Å². The van der Waals surface area contributed by atoms with Gasteiger partial charge >= 0.3 is 0 Å². The number of methoxy groups -OCH3 is 2. The van der Waals surface area contributed by atoms with Gasteiger partial charge in [0.25, 0.3) is 5.56 Å². The second kappa shape index (κ2) is 7.11. The van der Waals surface area contributed by atoms with Crippen LogP contribution in [0.1, 0.15) is 43.4 Å². The summed E-state index contributed by atoms with van der Waals surface area (Å²) < 4.78 is 10.7. The van der Waals surface area contributed by atoms with Crippen LogP contribution in [0.25, 0.3) is 0 Å². The van der Waals surface area contributed by atoms with Gasteiger partial charge in [0.15, 0.2) is 0 Å². The van der Waals surface area contributed by atoms with Gasteiger partial charge in [0.1, 0.15) is 17.3 Å². The van der Waals surface area contributed by atoms with Crippen molar-refractivity contribution in [1.82, 2.24) is 14.9 Å². The normalized spacial score (nSPS) is 14.8. The molecule has 1 aliphatic rings. The van der Waals surface area contributed by atoms with E-state index in [9.17, 15) is 4.79 Å². The molecule has 26 heavy (non-hydrogen) atoms. The number of aromatic nitrogens is 2. The minimum Gasteiger partial charge on any atom is -0.497 e. The molecule has 1 aromatic carbocycles. The minimum absolute atomic E-state index is 0.0205. The third-order valence-corrected chi connectivity index (χ3v) is 4.68. The fourth-order valence-electron chi connectivity index (χ4n) is 3.19. The number of benzene rings is 1. The van der Waals surface area contributed by atoms with E-state index < -0.39 is 0 Å². The topological polar surface area (TPSA) is 67.5 Å². The number of hydrogen-bond donors (Lipinski definition) is 1. The Morgan fingerprint density at radius 1 is 1.15 bits per heavy atom. The molecule has 6 nitrogen and oxygen atoms in total. The lowest BCUT2D eigenvalue weighted by molar-refractivity contribution is 0.240. The van der Waals surface area contributed by atoms with E-state index in [0.29, 0.717) is 6.54 Å². The van der Waals surface area contributed by atoms with Crippen LogP contribution in [0.5, 0.6) is 11.5 Å². The molecule has 3 rings (SSSR count). The third kappa shape index (κ3) is 3.90. The van der Waals surface area contributed by atoms with Crippen molar-refractivity contribution < 1.29 is 9.47 Å². The molecular weight excluding hydrogens is 330 g/mol. The molecule has 1 aliphatic heterocycles. The number of H-pyrrole nitrogens is 1. The van der Waals surface area contributed by atoms with Crippen LogP contribution in [0.15, 0.2) is 23.0 Å². The number of ether oxygens (including phenoxy) is 2. The summed E-state index contributed by atoms with van der Waals surface area (Å²) in [4.78, 5) is 22.5. The molecule has 140 valence electrons. The number of fused-ring (bicyclic) bond motifs is 1. The molecule has 0 aliphatic carbocycles. The molecule has 0 saturated carbocycles. The summed E-state index contributed by atoms with van der Waals surface area (Å²) in [5.41, 5.74) is 2.62. The summed E-state index contributed by atoms with van der Waals surface area (Å²) in [6, 6.07) is 5.87. The molecule has 1 aromatic heterocycles. The SMILES string of the molecule is COc1cc(CN2CCc3nc(C(C)(C)C)[nH]c(=O)c3C2)cc(OC)c1. The van der Waals surface area contributed by atoms with Gasteiger partial charge in [-0.3, -0.25) is 9.69 Å². The molecule has 0 bridgehead atoms. The number of rotatable bonds is 4. The van der Waals surface area contributed by atoms with E-state index in [1.165, 1.54) is 0 Å². The standard InChI is InChI=1S/C20H27N3O3/c1-20(2,3)19-21-17-6-7-23(12-16(17)18(24)22-19)11-13-8-14(25-4)10-15(9-13)26-5/h8-10H,6-7,11-12H2,1-5H3,(H,21,22,24). The Bertz CT molecular complexity index is 830. The summed E-state index contributed by atoms with van der Waals surface area (Å²) in [5, 5.41) is 0. The van der Waals surface area contributed by atoms with E-state index >= 15 is 0 Å². The third-order valence-electron chi connectivity index (χ3n) is 4.68. The lowest BCUT2D eigenvalue weighted by Crippen LogP contribution is -2.37. The number of hydrogen-bond acceptors (Lipinski definition) is 5. The van der Waals surface area contributed by atoms with Crippen LogP contribution in [0.3, 0.4) is 0 Å². The van der Waals surface area contributed by atoms with Crippen LogP contribution < -0.4 is 15.0 Å². The largest absolute Gasteiger partial charge is 0.497 e. The molecular formula is C20H27N3O3. The highest BCUT2D eigenvalue weighted by Crippen LogP contribution is 2.25. The van der Waals surface area contributed by atoms with Crippen molar-refractivity contribution in [2.24, 2.45) is 0 Å². The molecule has 0 unspecified atom stereocenters. The second-order valence-electron chi connectivity index (χ2n) is 7.77. The van der Waals surface area contributed by atoms with Crippen LogP contribution in [0, 0.1) is 0 Å². The van der Waals surface area contributed by atoms with Crippen molar-refractivity contribution in [3.8, 4) is 11.5 Å². The first-order chi connectivity index (χ1) is 12.3. The monoisotopic (exact) mass is 357 g/mol. The van der Waals surface area contributed by atoms with Crippen LogP contribution in [-0.4, -0.2) is 35.6 Å². The molecule has 2 heterocycles. The van der Waals surface area contributed by atoms with Gasteiger partial charge in [-0.05, 0) is 17.7 Å². The maximum atomic E-state index is 12.6. The predicted octanol–water partition coefficient (Wildman–Crippen LogP) is 2.64. The molecule has 0 atom stereocenters. The van der Waals surface area contributed by atoms with E-state index in [1.54, 1.807) is 14.2 Å². The van der Waals surface area contributed by atoms with Crippen LogP contribution >= 0.6 is 0 Å². The van der Waals surface area contributed by atoms with Gasteiger partial charge in [-0.1, -0.05) is 20.8 Å². The summed E-state index contributed by atoms with van der Waals surface area (Å²) in [5.74, 6) is 2.30. The highest BCUT2D eigenvalue weighted by atomic mass is 16.5. The summed E-state index contributed by atoms with van der Waals surface area (Å²) in [6.45, 7) is 8.37. The Kier molecular flexibility index (Phi) is 5.05. The Hall–Kier alpha value is -2.34. The quantitative estimate of drug-likeness (QED) is 0.911. The van der Waals surface area contributed by atoms with Gasteiger partial charge in [0, 0.05) is 37.5 Å². The van der Waals surface area contributed by atoms with Crippen molar-refractivity contribution in [1.29, 1.82) is 0 Å². The second-order valence-corrected chi connectivity index (χ2v) is 7.77. The lowest BCUT2D eigenvalue weighted by Gasteiger charge is -2.29. The summed E-state index contributed by atoms with van der Waals surface area (Å²) >= 11 is 0. The van der Waals surface area contributed by atoms with Gasteiger partial charge in [-0.25, -0.2) is 4.98 Å². The van der Waals surface area contributed by atoms with Gasteiger partial charge in [0.05, 0.1) is 25.5 Å². The molecule has 0 amide bonds. The predicted molar refractivity (Wildman–Crippen MR) is 101 cm³/mol. The fourth-order valence-corrected chi connectivity index (χ4v) is 3.19. The average Bonchev–Trinajstić information content (AvgIpc) is 2.60. The fraction of sp³-hybridized carbons (Fsp3) is 0.500. The summed E-state index contributed by atoms with van der Waals surface area (Å²) in [7, 11) is 3.29. The zero-order valence-electron chi connectivity index (χ0n) is 16.2. The lowest BCUT2D eigenvalue weighted by atomic mass is 9.95. The minimum atomic E-state index is -0.164. The van der Waals surface area contributed by atoms with Gasteiger partial charge in [0.2, 0.25) is 0 Å². The van der Waals surface area contributed by atoms with Gasteiger partial charge in [-0.15, -0.1) is 0 Å². The summed E-state index contributed by atoms with van der Waals surface area (Å²) in [6.07, 6.45) is 0.781. The first kappa shape index (κ1) is 18.5. The van der Waals surface area contributed by atoms with E-state index in [0.717, 1.165) is 53.7 Å².